The highest BCUT2D eigenvalue weighted by atomic mass is 19.1. The van der Waals surface area contributed by atoms with E-state index in [2.05, 4.69) is 27.7 Å². The molecule has 1 aliphatic heterocycles. The zero-order valence-corrected chi connectivity index (χ0v) is 14.4. The molecule has 0 bridgehead atoms. The number of nitrogens with one attached hydrogen (secondary N) is 2. The summed E-state index contributed by atoms with van der Waals surface area (Å²) >= 11 is 0. The number of likely N-dealkylation sites (tertiary alicyclic amines) is 1. The zero-order chi connectivity index (χ0) is 17.6. The third-order valence-corrected chi connectivity index (χ3v) is 4.63. The van der Waals surface area contributed by atoms with Crippen LogP contribution in [0.15, 0.2) is 54.6 Å². The molecule has 1 aliphatic rings. The lowest BCUT2D eigenvalue weighted by molar-refractivity contribution is 0.197. The lowest BCUT2D eigenvalue weighted by Gasteiger charge is -2.33. The lowest BCUT2D eigenvalue weighted by atomic mass is 9.99. The van der Waals surface area contributed by atoms with Gasteiger partial charge in [0.25, 0.3) is 0 Å². The molecule has 1 fully saturated rings. The quantitative estimate of drug-likeness (QED) is 0.857. The molecule has 0 spiro atoms. The van der Waals surface area contributed by atoms with Crippen LogP contribution >= 0.6 is 0 Å². The number of para-hydroxylation sites is 1. The first-order chi connectivity index (χ1) is 12.1. The fraction of sp³-hybridized carbons (Fsp3) is 0.350. The van der Waals surface area contributed by atoms with Crippen LogP contribution in [0.4, 0.5) is 14.9 Å². The minimum Gasteiger partial charge on any atom is -0.333 e. The number of nitrogens with zero attached hydrogens (tertiary/aromatic N) is 1. The van der Waals surface area contributed by atoms with Gasteiger partial charge in [-0.15, -0.1) is 0 Å². The van der Waals surface area contributed by atoms with E-state index in [1.165, 1.54) is 24.5 Å². The van der Waals surface area contributed by atoms with Gasteiger partial charge < -0.3 is 10.6 Å². The van der Waals surface area contributed by atoms with Gasteiger partial charge in [-0.2, -0.15) is 0 Å². The molecule has 0 saturated carbocycles. The minimum atomic E-state index is -0.440. The standard InChI is InChI=1S/C20H24FN3O/c1-15(22-20(25)23-18-12-6-5-11-17(18)21)19(24-13-7-8-14-24)16-9-3-2-4-10-16/h2-6,9-12,15,19H,7-8,13-14H2,1H3,(H2,22,23,25)/t15-,19-/m0/s1. The second kappa shape index (κ2) is 8.12. The van der Waals surface area contributed by atoms with Crippen LogP contribution < -0.4 is 10.6 Å². The monoisotopic (exact) mass is 341 g/mol. The first-order valence-corrected chi connectivity index (χ1v) is 8.76. The summed E-state index contributed by atoms with van der Waals surface area (Å²) in [5.74, 6) is -0.440. The van der Waals surface area contributed by atoms with E-state index in [4.69, 9.17) is 0 Å². The van der Waals surface area contributed by atoms with Crippen molar-refractivity contribution in [2.45, 2.75) is 31.8 Å². The zero-order valence-electron chi connectivity index (χ0n) is 14.4. The SMILES string of the molecule is C[C@H](NC(=O)Nc1ccccc1F)[C@@H](c1ccccc1)N1CCCC1. The molecule has 25 heavy (non-hydrogen) atoms. The van der Waals surface area contributed by atoms with Crippen LogP contribution in [-0.4, -0.2) is 30.1 Å². The number of amides is 2. The molecule has 2 aromatic rings. The molecule has 2 amide bonds. The molecule has 5 heteroatoms. The Balaban J connectivity index is 1.70. The maximum atomic E-state index is 13.7. The summed E-state index contributed by atoms with van der Waals surface area (Å²) in [5.41, 5.74) is 1.37. The predicted octanol–water partition coefficient (Wildman–Crippen LogP) is 4.17. The molecule has 1 saturated heterocycles. The van der Waals surface area contributed by atoms with Crippen molar-refractivity contribution in [2.24, 2.45) is 0 Å². The van der Waals surface area contributed by atoms with Gasteiger partial charge in [-0.25, -0.2) is 9.18 Å². The third kappa shape index (κ3) is 4.37. The van der Waals surface area contributed by atoms with Crippen LogP contribution in [-0.2, 0) is 0 Å². The van der Waals surface area contributed by atoms with E-state index in [0.29, 0.717) is 0 Å². The molecule has 0 aliphatic carbocycles. The van der Waals surface area contributed by atoms with Crippen LogP contribution in [0.2, 0.25) is 0 Å². The van der Waals surface area contributed by atoms with Gasteiger partial charge in [0.15, 0.2) is 0 Å². The number of carbonyl (C=O) groups excluding carboxylic acids is 1. The molecule has 132 valence electrons. The van der Waals surface area contributed by atoms with Gasteiger partial charge in [0.05, 0.1) is 11.7 Å². The van der Waals surface area contributed by atoms with Crippen LogP contribution in [0, 0.1) is 5.82 Å². The minimum absolute atomic E-state index is 0.104. The summed E-state index contributed by atoms with van der Waals surface area (Å²) in [5, 5.41) is 5.57. The topological polar surface area (TPSA) is 44.4 Å². The number of hydrogen-bond acceptors (Lipinski definition) is 2. The largest absolute Gasteiger partial charge is 0.333 e. The number of urea groups is 1. The summed E-state index contributed by atoms with van der Waals surface area (Å²) in [4.78, 5) is 14.7. The number of rotatable bonds is 5. The molecule has 2 N–H and O–H groups in total. The summed E-state index contributed by atoms with van der Waals surface area (Å²) in [6.07, 6.45) is 2.36. The molecular weight excluding hydrogens is 317 g/mol. The van der Waals surface area contributed by atoms with Gasteiger partial charge >= 0.3 is 6.03 Å². The Kier molecular flexibility index (Phi) is 5.66. The Labute approximate surface area is 148 Å². The molecule has 0 aromatic heterocycles. The number of benzene rings is 2. The molecule has 4 nitrogen and oxygen atoms in total. The average molecular weight is 341 g/mol. The normalized spacial score (nSPS) is 17.0. The molecule has 0 radical (unpaired) electrons. The van der Waals surface area contributed by atoms with Gasteiger partial charge in [0.2, 0.25) is 0 Å². The summed E-state index contributed by atoms with van der Waals surface area (Å²) in [7, 11) is 0. The highest BCUT2D eigenvalue weighted by molar-refractivity contribution is 5.89. The van der Waals surface area contributed by atoms with E-state index in [0.717, 1.165) is 13.1 Å². The number of carbonyl (C=O) groups is 1. The highest BCUT2D eigenvalue weighted by Gasteiger charge is 2.29. The van der Waals surface area contributed by atoms with Crippen molar-refractivity contribution < 1.29 is 9.18 Å². The molecule has 0 unspecified atom stereocenters. The van der Waals surface area contributed by atoms with Crippen molar-refractivity contribution in [1.82, 2.24) is 10.2 Å². The molecule has 1 heterocycles. The third-order valence-electron chi connectivity index (χ3n) is 4.63. The number of anilines is 1. The van der Waals surface area contributed by atoms with E-state index >= 15 is 0 Å². The second-order valence-corrected chi connectivity index (χ2v) is 6.47. The van der Waals surface area contributed by atoms with Gasteiger partial charge in [-0.05, 0) is 50.6 Å². The Morgan fingerprint density at radius 3 is 2.36 bits per heavy atom. The Morgan fingerprint density at radius 1 is 1.04 bits per heavy atom. The Hall–Kier alpha value is -2.40. The van der Waals surface area contributed by atoms with Crippen LogP contribution in [0.25, 0.3) is 0 Å². The Morgan fingerprint density at radius 2 is 1.68 bits per heavy atom. The first-order valence-electron chi connectivity index (χ1n) is 8.76. The molecule has 3 rings (SSSR count). The van der Waals surface area contributed by atoms with Crippen LogP contribution in [0.5, 0.6) is 0 Å². The number of hydrogen-bond donors (Lipinski definition) is 2. The van der Waals surface area contributed by atoms with E-state index in [-0.39, 0.29) is 17.8 Å². The highest BCUT2D eigenvalue weighted by Crippen LogP contribution is 2.28. The van der Waals surface area contributed by atoms with Gasteiger partial charge in [0.1, 0.15) is 5.82 Å². The van der Waals surface area contributed by atoms with Gasteiger partial charge in [0, 0.05) is 6.04 Å². The van der Waals surface area contributed by atoms with Crippen molar-refractivity contribution in [3.63, 3.8) is 0 Å². The van der Waals surface area contributed by atoms with E-state index in [9.17, 15) is 9.18 Å². The lowest BCUT2D eigenvalue weighted by Crippen LogP contribution is -2.45. The first kappa shape index (κ1) is 17.4. The van der Waals surface area contributed by atoms with Gasteiger partial charge in [-0.3, -0.25) is 4.90 Å². The average Bonchev–Trinajstić information content (AvgIpc) is 3.12. The van der Waals surface area contributed by atoms with Crippen molar-refractivity contribution >= 4 is 11.7 Å². The molecule has 2 aromatic carbocycles. The van der Waals surface area contributed by atoms with Crippen LogP contribution in [0.1, 0.15) is 31.4 Å². The van der Waals surface area contributed by atoms with Crippen molar-refractivity contribution in [3.05, 3.63) is 66.0 Å². The van der Waals surface area contributed by atoms with Gasteiger partial charge in [-0.1, -0.05) is 42.5 Å². The van der Waals surface area contributed by atoms with Crippen molar-refractivity contribution in [1.29, 1.82) is 0 Å². The maximum Gasteiger partial charge on any atom is 0.319 e. The smallest absolute Gasteiger partial charge is 0.319 e. The van der Waals surface area contributed by atoms with Crippen molar-refractivity contribution in [3.8, 4) is 0 Å². The maximum absolute atomic E-state index is 13.7. The Bertz CT molecular complexity index is 701. The summed E-state index contributed by atoms with van der Waals surface area (Å²) in [6.45, 7) is 4.05. The summed E-state index contributed by atoms with van der Waals surface area (Å²) < 4.78 is 13.7. The second-order valence-electron chi connectivity index (χ2n) is 6.47. The van der Waals surface area contributed by atoms with E-state index in [1.807, 2.05) is 25.1 Å². The van der Waals surface area contributed by atoms with Crippen LogP contribution in [0.3, 0.4) is 0 Å². The van der Waals surface area contributed by atoms with E-state index < -0.39 is 11.8 Å². The fourth-order valence-electron chi connectivity index (χ4n) is 3.49. The molecule has 2 atom stereocenters. The number of halogens is 1. The van der Waals surface area contributed by atoms with E-state index in [1.54, 1.807) is 18.2 Å². The predicted molar refractivity (Wildman–Crippen MR) is 98.0 cm³/mol. The van der Waals surface area contributed by atoms with Crippen molar-refractivity contribution in [2.75, 3.05) is 18.4 Å². The fourth-order valence-corrected chi connectivity index (χ4v) is 3.49. The summed E-state index contributed by atoms with van der Waals surface area (Å²) in [6, 6.07) is 16.0. The molecular formula is C20H24FN3O.